The fourth-order valence-electron chi connectivity index (χ4n) is 2.33. The third-order valence-electron chi connectivity index (χ3n) is 3.67. The quantitative estimate of drug-likeness (QED) is 0.543. The Morgan fingerprint density at radius 3 is 2.59 bits per heavy atom. The molecule has 2 heterocycles. The van der Waals surface area contributed by atoms with E-state index in [1.165, 1.54) is 48.3 Å². The van der Waals surface area contributed by atoms with E-state index in [1.54, 1.807) is 12.3 Å². The van der Waals surface area contributed by atoms with Crippen LogP contribution in [0.2, 0.25) is 0 Å². The number of hydrogen-bond donors (Lipinski definition) is 2. The van der Waals surface area contributed by atoms with Gasteiger partial charge in [0.25, 0.3) is 15.9 Å². The lowest BCUT2D eigenvalue weighted by Crippen LogP contribution is -2.14. The molecular formula is C17H17N5O5S2. The smallest absolute Gasteiger partial charge is 0.356 e. The molecule has 0 radical (unpaired) electrons. The Labute approximate surface area is 170 Å². The number of carbonyl (C=O) groups excluding carboxylic acids is 2. The topological polar surface area (TPSA) is 132 Å². The Balaban J connectivity index is 1.70. The predicted molar refractivity (Wildman–Crippen MR) is 106 cm³/mol. The fraction of sp³-hybridized carbons (Fsp3) is 0.176. The van der Waals surface area contributed by atoms with Crippen LogP contribution in [0.3, 0.4) is 0 Å². The first-order valence-corrected chi connectivity index (χ1v) is 10.7. The summed E-state index contributed by atoms with van der Waals surface area (Å²) in [6.07, 6.45) is 1.49. The predicted octanol–water partition coefficient (Wildman–Crippen LogP) is 2.11. The molecule has 1 aromatic carbocycles. The van der Waals surface area contributed by atoms with Crippen LogP contribution in [0, 0.1) is 0 Å². The van der Waals surface area contributed by atoms with Crippen LogP contribution in [0.15, 0.2) is 46.8 Å². The molecule has 29 heavy (non-hydrogen) atoms. The molecule has 0 saturated carbocycles. The Bertz CT molecular complexity index is 1120. The van der Waals surface area contributed by atoms with E-state index in [1.807, 2.05) is 0 Å². The monoisotopic (exact) mass is 435 g/mol. The second kappa shape index (κ2) is 8.41. The van der Waals surface area contributed by atoms with Crippen LogP contribution in [0.25, 0.3) is 0 Å². The minimum atomic E-state index is -3.78. The van der Waals surface area contributed by atoms with Gasteiger partial charge in [0.2, 0.25) is 0 Å². The third kappa shape index (κ3) is 4.78. The van der Waals surface area contributed by atoms with Crippen molar-refractivity contribution in [2.75, 3.05) is 16.6 Å². The number of sulfonamides is 1. The van der Waals surface area contributed by atoms with Crippen LogP contribution in [0.1, 0.15) is 27.9 Å². The maximum absolute atomic E-state index is 12.4. The highest BCUT2D eigenvalue weighted by molar-refractivity contribution is 7.93. The highest BCUT2D eigenvalue weighted by Gasteiger charge is 2.19. The van der Waals surface area contributed by atoms with Crippen molar-refractivity contribution < 1.29 is 22.7 Å². The maximum Gasteiger partial charge on any atom is 0.356 e. The molecule has 1 amide bonds. The van der Waals surface area contributed by atoms with E-state index >= 15 is 0 Å². The largest absolute Gasteiger partial charge is 0.461 e. The molecule has 0 atom stereocenters. The number of anilines is 2. The Morgan fingerprint density at radius 1 is 1.24 bits per heavy atom. The van der Waals surface area contributed by atoms with Gasteiger partial charge in [0, 0.05) is 30.4 Å². The number of aryl methyl sites for hydroxylation is 1. The molecule has 0 fully saturated rings. The van der Waals surface area contributed by atoms with Crippen molar-refractivity contribution in [2.45, 2.75) is 11.8 Å². The van der Waals surface area contributed by atoms with Gasteiger partial charge in [-0.1, -0.05) is 0 Å². The zero-order valence-electron chi connectivity index (χ0n) is 15.4. The number of hydrogen-bond acceptors (Lipinski definition) is 8. The van der Waals surface area contributed by atoms with Gasteiger partial charge >= 0.3 is 5.97 Å². The molecule has 0 aliphatic carbocycles. The van der Waals surface area contributed by atoms with Gasteiger partial charge in [-0.05, 0) is 31.2 Å². The van der Waals surface area contributed by atoms with Crippen molar-refractivity contribution in [3.05, 3.63) is 53.3 Å². The fourth-order valence-corrected chi connectivity index (χ4v) is 4.12. The van der Waals surface area contributed by atoms with Crippen LogP contribution >= 0.6 is 11.3 Å². The normalized spacial score (nSPS) is 11.1. The van der Waals surface area contributed by atoms with Crippen LogP contribution in [-0.4, -0.2) is 41.7 Å². The van der Waals surface area contributed by atoms with E-state index in [-0.39, 0.29) is 28.0 Å². The zero-order chi connectivity index (χ0) is 21.0. The molecule has 0 unspecified atom stereocenters. The standard InChI is InChI=1S/C17H17N5O5S2/c1-3-27-16(24)14-10-13(20-22(14)2)15(23)19-11-4-6-12(7-5-11)29(25,26)21-17-18-8-9-28-17/h4-10H,3H2,1-2H3,(H,18,21)(H,19,23). The van der Waals surface area contributed by atoms with E-state index < -0.39 is 21.9 Å². The average Bonchev–Trinajstić information content (AvgIpc) is 3.31. The molecule has 2 N–H and O–H groups in total. The summed E-state index contributed by atoms with van der Waals surface area (Å²) >= 11 is 1.16. The first-order chi connectivity index (χ1) is 13.8. The second-order valence-electron chi connectivity index (χ2n) is 5.68. The molecule has 0 saturated heterocycles. The van der Waals surface area contributed by atoms with Crippen LogP contribution in [0.4, 0.5) is 10.8 Å². The molecule has 0 bridgehead atoms. The van der Waals surface area contributed by atoms with E-state index in [9.17, 15) is 18.0 Å². The summed E-state index contributed by atoms with van der Waals surface area (Å²) < 4.78 is 33.2. The summed E-state index contributed by atoms with van der Waals surface area (Å²) in [5.74, 6) is -1.13. The van der Waals surface area contributed by atoms with Gasteiger partial charge in [0.05, 0.1) is 11.5 Å². The van der Waals surface area contributed by atoms with Gasteiger partial charge in [-0.3, -0.25) is 14.2 Å². The summed E-state index contributed by atoms with van der Waals surface area (Å²) in [6.45, 7) is 1.89. The number of nitrogens with one attached hydrogen (secondary N) is 2. The number of ether oxygens (including phenoxy) is 1. The SMILES string of the molecule is CCOC(=O)c1cc(C(=O)Nc2ccc(S(=O)(=O)Nc3nccs3)cc2)nn1C. The van der Waals surface area contributed by atoms with Crippen molar-refractivity contribution in [1.82, 2.24) is 14.8 Å². The summed E-state index contributed by atoms with van der Waals surface area (Å²) in [6, 6.07) is 6.93. The number of carbonyl (C=O) groups is 2. The molecule has 0 aliphatic rings. The number of rotatable bonds is 7. The van der Waals surface area contributed by atoms with E-state index in [0.29, 0.717) is 5.69 Å². The Hall–Kier alpha value is -3.25. The lowest BCUT2D eigenvalue weighted by atomic mass is 10.3. The third-order valence-corrected chi connectivity index (χ3v) is 5.85. The van der Waals surface area contributed by atoms with Crippen molar-refractivity contribution in [3.8, 4) is 0 Å². The van der Waals surface area contributed by atoms with Crippen LogP contribution < -0.4 is 10.0 Å². The molecule has 0 aliphatic heterocycles. The minimum Gasteiger partial charge on any atom is -0.461 e. The number of amides is 1. The average molecular weight is 435 g/mol. The number of aromatic nitrogens is 3. The lowest BCUT2D eigenvalue weighted by molar-refractivity contribution is 0.0513. The van der Waals surface area contributed by atoms with Gasteiger partial charge in [-0.2, -0.15) is 5.10 Å². The van der Waals surface area contributed by atoms with Crippen molar-refractivity contribution >= 4 is 44.1 Å². The molecular weight excluding hydrogens is 418 g/mol. The first-order valence-electron chi connectivity index (χ1n) is 8.35. The van der Waals surface area contributed by atoms with Crippen molar-refractivity contribution in [2.24, 2.45) is 7.05 Å². The highest BCUT2D eigenvalue weighted by Crippen LogP contribution is 2.20. The molecule has 12 heteroatoms. The summed E-state index contributed by atoms with van der Waals surface area (Å²) in [5, 5.41) is 8.52. The molecule has 0 spiro atoms. The summed E-state index contributed by atoms with van der Waals surface area (Å²) in [5.41, 5.74) is 0.538. The van der Waals surface area contributed by atoms with Crippen molar-refractivity contribution in [1.29, 1.82) is 0 Å². The molecule has 152 valence electrons. The van der Waals surface area contributed by atoms with Gasteiger partial charge < -0.3 is 10.1 Å². The first kappa shape index (κ1) is 20.5. The maximum atomic E-state index is 12.4. The molecule has 10 nitrogen and oxygen atoms in total. The number of nitrogens with zero attached hydrogens (tertiary/aromatic N) is 3. The number of thiazole rings is 1. The minimum absolute atomic E-state index is 0.0214. The molecule has 3 rings (SSSR count). The van der Waals surface area contributed by atoms with Gasteiger partial charge in [0.1, 0.15) is 5.69 Å². The summed E-state index contributed by atoms with van der Waals surface area (Å²) in [7, 11) is -2.25. The van der Waals surface area contributed by atoms with Gasteiger partial charge in [-0.15, -0.1) is 11.3 Å². The van der Waals surface area contributed by atoms with E-state index in [0.717, 1.165) is 11.3 Å². The van der Waals surface area contributed by atoms with E-state index in [2.05, 4.69) is 20.1 Å². The van der Waals surface area contributed by atoms with Gasteiger partial charge in [0.15, 0.2) is 10.8 Å². The highest BCUT2D eigenvalue weighted by atomic mass is 32.2. The molecule has 3 aromatic rings. The zero-order valence-corrected chi connectivity index (χ0v) is 17.1. The van der Waals surface area contributed by atoms with Crippen LogP contribution in [-0.2, 0) is 21.8 Å². The van der Waals surface area contributed by atoms with E-state index in [4.69, 9.17) is 4.74 Å². The summed E-state index contributed by atoms with van der Waals surface area (Å²) in [4.78, 5) is 28.1. The van der Waals surface area contributed by atoms with Crippen LogP contribution in [0.5, 0.6) is 0 Å². The number of esters is 1. The Kier molecular flexibility index (Phi) is 5.94. The molecule has 2 aromatic heterocycles. The van der Waals surface area contributed by atoms with Crippen molar-refractivity contribution in [3.63, 3.8) is 0 Å². The van der Waals surface area contributed by atoms with Gasteiger partial charge in [-0.25, -0.2) is 18.2 Å². The Morgan fingerprint density at radius 2 is 1.97 bits per heavy atom. The lowest BCUT2D eigenvalue weighted by Gasteiger charge is -2.07. The second-order valence-corrected chi connectivity index (χ2v) is 8.26. The number of benzene rings is 1.